The van der Waals surface area contributed by atoms with E-state index in [2.05, 4.69) is 0 Å². The first-order chi connectivity index (χ1) is 11.1. The Morgan fingerprint density at radius 2 is 1.65 bits per heavy atom. The van der Waals surface area contributed by atoms with Crippen molar-refractivity contribution < 1.29 is 13.5 Å². The molecule has 0 saturated heterocycles. The molecular weight excluding hydrogens is 296 g/mol. The first-order valence-corrected chi connectivity index (χ1v) is 7.16. The minimum Gasteiger partial charge on any atom is -0.489 e. The number of ether oxygens (including phenoxy) is 1. The molecule has 2 N–H and O–H groups in total. The average Bonchev–Trinajstić information content (AvgIpc) is 2.58. The van der Waals surface area contributed by atoms with Gasteiger partial charge in [0.2, 0.25) is 0 Å². The van der Waals surface area contributed by atoms with Gasteiger partial charge < -0.3 is 10.5 Å². The van der Waals surface area contributed by atoms with Crippen LogP contribution in [0.2, 0.25) is 0 Å². The van der Waals surface area contributed by atoms with Gasteiger partial charge in [-0.1, -0.05) is 42.5 Å². The first kappa shape index (κ1) is 15.0. The summed E-state index contributed by atoms with van der Waals surface area (Å²) in [6.45, 7) is 0.381. The van der Waals surface area contributed by atoms with Gasteiger partial charge in [-0.2, -0.15) is 0 Å². The monoisotopic (exact) mass is 311 g/mol. The van der Waals surface area contributed by atoms with Crippen LogP contribution in [0.3, 0.4) is 0 Å². The van der Waals surface area contributed by atoms with Crippen molar-refractivity contribution >= 4 is 5.69 Å². The van der Waals surface area contributed by atoms with Gasteiger partial charge in [0.25, 0.3) is 0 Å². The fourth-order valence-corrected chi connectivity index (χ4v) is 2.32. The minimum absolute atomic E-state index is 0.0861. The van der Waals surface area contributed by atoms with Gasteiger partial charge in [-0.15, -0.1) is 0 Å². The van der Waals surface area contributed by atoms with E-state index in [4.69, 9.17) is 10.5 Å². The minimum atomic E-state index is -0.759. The van der Waals surface area contributed by atoms with Crippen molar-refractivity contribution in [1.29, 1.82) is 0 Å². The van der Waals surface area contributed by atoms with E-state index < -0.39 is 11.6 Å². The average molecular weight is 311 g/mol. The van der Waals surface area contributed by atoms with Crippen LogP contribution in [0.1, 0.15) is 5.56 Å². The lowest BCUT2D eigenvalue weighted by molar-refractivity contribution is 0.306. The lowest BCUT2D eigenvalue weighted by Gasteiger charge is -2.10. The molecule has 116 valence electrons. The molecule has 4 heteroatoms. The molecule has 0 atom stereocenters. The van der Waals surface area contributed by atoms with Gasteiger partial charge in [-0.05, 0) is 35.4 Å². The van der Waals surface area contributed by atoms with Crippen LogP contribution in [0.5, 0.6) is 5.75 Å². The Morgan fingerprint density at radius 3 is 2.43 bits per heavy atom. The first-order valence-electron chi connectivity index (χ1n) is 7.16. The smallest absolute Gasteiger partial charge is 0.156 e. The number of rotatable bonds is 4. The molecule has 0 unspecified atom stereocenters. The molecule has 0 bridgehead atoms. The molecule has 3 aromatic rings. The summed E-state index contributed by atoms with van der Waals surface area (Å²) in [5.41, 5.74) is 6.70. The van der Waals surface area contributed by atoms with Crippen molar-refractivity contribution in [2.45, 2.75) is 6.61 Å². The van der Waals surface area contributed by atoms with E-state index in [0.717, 1.165) is 11.6 Å². The van der Waals surface area contributed by atoms with Gasteiger partial charge in [0.1, 0.15) is 18.2 Å². The quantitative estimate of drug-likeness (QED) is 0.703. The lowest BCUT2D eigenvalue weighted by Crippen LogP contribution is -1.98. The zero-order valence-corrected chi connectivity index (χ0v) is 12.3. The molecule has 23 heavy (non-hydrogen) atoms. The van der Waals surface area contributed by atoms with Gasteiger partial charge in [-0.3, -0.25) is 0 Å². The number of anilines is 1. The van der Waals surface area contributed by atoms with Crippen LogP contribution in [0.25, 0.3) is 11.1 Å². The molecule has 0 radical (unpaired) electrons. The highest BCUT2D eigenvalue weighted by molar-refractivity contribution is 5.70. The predicted molar refractivity (Wildman–Crippen MR) is 87.0 cm³/mol. The number of nitrogen functional groups attached to an aromatic ring is 1. The molecule has 0 fully saturated rings. The van der Waals surface area contributed by atoms with Crippen molar-refractivity contribution in [1.82, 2.24) is 0 Å². The van der Waals surface area contributed by atoms with Crippen LogP contribution in [0.15, 0.2) is 66.7 Å². The summed E-state index contributed by atoms with van der Waals surface area (Å²) in [6.07, 6.45) is 0. The second-order valence-corrected chi connectivity index (χ2v) is 5.13. The maximum Gasteiger partial charge on any atom is 0.156 e. The summed E-state index contributed by atoms with van der Waals surface area (Å²) in [5, 5.41) is 0. The van der Waals surface area contributed by atoms with E-state index in [1.165, 1.54) is 6.07 Å². The standard InChI is InChI=1S/C19H15F2NO/c20-16-9-10-17(22)19(21)18(16)14-7-4-8-15(11-14)23-12-13-5-2-1-3-6-13/h1-11H,12,22H2. The maximum atomic E-state index is 14.1. The fraction of sp³-hybridized carbons (Fsp3) is 0.0526. The van der Waals surface area contributed by atoms with E-state index in [1.54, 1.807) is 24.3 Å². The Bertz CT molecular complexity index is 819. The van der Waals surface area contributed by atoms with Gasteiger partial charge in [0, 0.05) is 0 Å². The Balaban J connectivity index is 1.87. The van der Waals surface area contributed by atoms with Crippen molar-refractivity contribution in [3.05, 3.63) is 83.9 Å². The van der Waals surface area contributed by atoms with Crippen molar-refractivity contribution in [3.8, 4) is 16.9 Å². The third-order valence-electron chi connectivity index (χ3n) is 3.49. The summed E-state index contributed by atoms with van der Waals surface area (Å²) in [5.74, 6) is -0.880. The highest BCUT2D eigenvalue weighted by Crippen LogP contribution is 2.31. The molecule has 0 spiro atoms. The zero-order chi connectivity index (χ0) is 16.2. The van der Waals surface area contributed by atoms with Crippen LogP contribution >= 0.6 is 0 Å². The lowest BCUT2D eigenvalue weighted by atomic mass is 10.0. The maximum absolute atomic E-state index is 14.1. The van der Waals surface area contributed by atoms with Crippen LogP contribution in [-0.2, 0) is 6.61 Å². The number of benzene rings is 3. The number of halogens is 2. The molecule has 0 amide bonds. The van der Waals surface area contributed by atoms with E-state index in [-0.39, 0.29) is 11.3 Å². The second-order valence-electron chi connectivity index (χ2n) is 5.13. The third kappa shape index (κ3) is 3.31. The summed E-state index contributed by atoms with van der Waals surface area (Å²) in [7, 11) is 0. The molecule has 0 aliphatic heterocycles. The summed E-state index contributed by atoms with van der Waals surface area (Å²) < 4.78 is 33.8. The van der Waals surface area contributed by atoms with Crippen molar-refractivity contribution in [2.24, 2.45) is 0 Å². The molecule has 0 aliphatic rings. The van der Waals surface area contributed by atoms with Crippen LogP contribution in [-0.4, -0.2) is 0 Å². The van der Waals surface area contributed by atoms with Gasteiger partial charge in [0.05, 0.1) is 11.3 Å². The van der Waals surface area contributed by atoms with E-state index in [9.17, 15) is 8.78 Å². The molecule has 0 aliphatic carbocycles. The fourth-order valence-electron chi connectivity index (χ4n) is 2.32. The Morgan fingerprint density at radius 1 is 0.870 bits per heavy atom. The highest BCUT2D eigenvalue weighted by atomic mass is 19.1. The van der Waals surface area contributed by atoms with Crippen molar-refractivity contribution in [2.75, 3.05) is 5.73 Å². The van der Waals surface area contributed by atoms with E-state index in [1.807, 2.05) is 30.3 Å². The van der Waals surface area contributed by atoms with Gasteiger partial charge in [-0.25, -0.2) is 8.78 Å². The molecule has 3 aromatic carbocycles. The Hall–Kier alpha value is -2.88. The molecule has 0 heterocycles. The van der Waals surface area contributed by atoms with E-state index in [0.29, 0.717) is 17.9 Å². The molecule has 0 saturated carbocycles. The summed E-state index contributed by atoms with van der Waals surface area (Å²) >= 11 is 0. The second kappa shape index (κ2) is 6.48. The normalized spacial score (nSPS) is 10.5. The molecule has 2 nitrogen and oxygen atoms in total. The van der Waals surface area contributed by atoms with Crippen molar-refractivity contribution in [3.63, 3.8) is 0 Å². The van der Waals surface area contributed by atoms with Crippen LogP contribution in [0, 0.1) is 11.6 Å². The largest absolute Gasteiger partial charge is 0.489 e. The topological polar surface area (TPSA) is 35.2 Å². The van der Waals surface area contributed by atoms with Gasteiger partial charge >= 0.3 is 0 Å². The molecular formula is C19H15F2NO. The number of hydrogen-bond acceptors (Lipinski definition) is 2. The Kier molecular flexibility index (Phi) is 4.24. The SMILES string of the molecule is Nc1ccc(F)c(-c2cccc(OCc3ccccc3)c2)c1F. The Labute approximate surface area is 133 Å². The summed E-state index contributed by atoms with van der Waals surface area (Å²) in [4.78, 5) is 0. The highest BCUT2D eigenvalue weighted by Gasteiger charge is 2.14. The molecule has 3 rings (SSSR count). The van der Waals surface area contributed by atoms with E-state index >= 15 is 0 Å². The predicted octanol–water partition coefficient (Wildman–Crippen LogP) is 4.79. The number of nitrogens with two attached hydrogens (primary N) is 1. The zero-order valence-electron chi connectivity index (χ0n) is 12.3. The molecule has 0 aromatic heterocycles. The van der Waals surface area contributed by atoms with Crippen LogP contribution in [0.4, 0.5) is 14.5 Å². The van der Waals surface area contributed by atoms with Gasteiger partial charge in [0.15, 0.2) is 5.82 Å². The summed E-state index contributed by atoms with van der Waals surface area (Å²) in [6, 6.07) is 18.7. The number of hydrogen-bond donors (Lipinski definition) is 1. The van der Waals surface area contributed by atoms with Crippen LogP contribution < -0.4 is 10.5 Å². The third-order valence-corrected chi connectivity index (χ3v) is 3.49.